The Labute approximate surface area is 121 Å². The molecule has 7 heteroatoms. The zero-order valence-electron chi connectivity index (χ0n) is 10.8. The number of phenols is 1. The molecule has 1 heterocycles. The molecular weight excluding hydrogens is 290 g/mol. The van der Waals surface area contributed by atoms with Gasteiger partial charge in [0.05, 0.1) is 6.21 Å². The highest BCUT2D eigenvalue weighted by molar-refractivity contribution is 7.90. The molecule has 0 spiro atoms. The summed E-state index contributed by atoms with van der Waals surface area (Å²) in [6, 6.07) is 13.0. The third-order valence-electron chi connectivity index (χ3n) is 2.91. The van der Waals surface area contributed by atoms with E-state index in [4.69, 9.17) is 0 Å². The highest BCUT2D eigenvalue weighted by Crippen LogP contribution is 2.24. The lowest BCUT2D eigenvalue weighted by molar-refractivity contribution is 0.475. The van der Waals surface area contributed by atoms with E-state index in [1.807, 2.05) is 0 Å². The Morgan fingerprint density at radius 2 is 1.81 bits per heavy atom. The number of nitrogens with one attached hydrogen (secondary N) is 1. The summed E-state index contributed by atoms with van der Waals surface area (Å²) in [4.78, 5) is 0.173. The summed E-state index contributed by atoms with van der Waals surface area (Å²) in [5, 5.41) is 13.1. The first-order valence-electron chi connectivity index (χ1n) is 6.09. The highest BCUT2D eigenvalue weighted by Gasteiger charge is 2.27. The summed E-state index contributed by atoms with van der Waals surface area (Å²) in [5.74, 6) is 0.362. The third kappa shape index (κ3) is 2.63. The Kier molecular flexibility index (Phi) is 3.19. The SMILES string of the molecule is O=S1(=O)N=C(NN=Cc2ccc(O)cc2)c2ccccc21. The van der Waals surface area contributed by atoms with E-state index < -0.39 is 10.0 Å². The molecule has 0 unspecified atom stereocenters. The molecule has 2 N–H and O–H groups in total. The van der Waals surface area contributed by atoms with Gasteiger partial charge < -0.3 is 5.11 Å². The van der Waals surface area contributed by atoms with Crippen LogP contribution in [0, 0.1) is 0 Å². The molecule has 0 saturated carbocycles. The second-order valence-corrected chi connectivity index (χ2v) is 5.95. The Hall–Kier alpha value is -2.67. The van der Waals surface area contributed by atoms with Crippen LogP contribution in [0.15, 0.2) is 62.9 Å². The molecule has 0 atom stereocenters. The van der Waals surface area contributed by atoms with Crippen LogP contribution in [0.2, 0.25) is 0 Å². The van der Waals surface area contributed by atoms with E-state index in [0.29, 0.717) is 5.56 Å². The third-order valence-corrected chi connectivity index (χ3v) is 4.24. The van der Waals surface area contributed by atoms with Gasteiger partial charge in [-0.25, -0.2) is 0 Å². The van der Waals surface area contributed by atoms with E-state index in [1.54, 1.807) is 30.3 Å². The predicted octanol–water partition coefficient (Wildman–Crippen LogP) is 1.46. The fraction of sp³-hybridized carbons (Fsp3) is 0. The molecule has 2 aromatic carbocycles. The molecule has 0 bridgehead atoms. The molecule has 0 aromatic heterocycles. The molecule has 0 aliphatic carbocycles. The fourth-order valence-electron chi connectivity index (χ4n) is 1.91. The van der Waals surface area contributed by atoms with Gasteiger partial charge in [0.2, 0.25) is 0 Å². The molecule has 0 fully saturated rings. The van der Waals surface area contributed by atoms with E-state index in [-0.39, 0.29) is 16.5 Å². The minimum atomic E-state index is -3.64. The smallest absolute Gasteiger partial charge is 0.285 e. The number of hydrazone groups is 1. The monoisotopic (exact) mass is 301 g/mol. The van der Waals surface area contributed by atoms with E-state index in [0.717, 1.165) is 5.56 Å². The van der Waals surface area contributed by atoms with E-state index in [9.17, 15) is 13.5 Å². The van der Waals surface area contributed by atoms with E-state index >= 15 is 0 Å². The largest absolute Gasteiger partial charge is 0.508 e. The first kappa shape index (κ1) is 13.3. The van der Waals surface area contributed by atoms with Crippen molar-refractivity contribution in [2.75, 3.05) is 0 Å². The van der Waals surface area contributed by atoms with Gasteiger partial charge in [0.25, 0.3) is 10.0 Å². The summed E-state index contributed by atoms with van der Waals surface area (Å²) < 4.78 is 27.3. The molecule has 1 aliphatic heterocycles. The number of amidine groups is 1. The molecule has 0 amide bonds. The summed E-state index contributed by atoms with van der Waals surface area (Å²) in [6.07, 6.45) is 1.51. The van der Waals surface area contributed by atoms with Crippen molar-refractivity contribution in [2.45, 2.75) is 4.90 Å². The van der Waals surface area contributed by atoms with Gasteiger partial charge in [-0.3, -0.25) is 5.43 Å². The Bertz CT molecular complexity index is 840. The van der Waals surface area contributed by atoms with Crippen molar-refractivity contribution < 1.29 is 13.5 Å². The molecule has 1 aliphatic rings. The van der Waals surface area contributed by atoms with E-state index in [1.165, 1.54) is 24.4 Å². The van der Waals surface area contributed by atoms with Gasteiger partial charge >= 0.3 is 0 Å². The number of hydrogen-bond acceptors (Lipinski definition) is 5. The first-order chi connectivity index (χ1) is 10.1. The molecule has 106 valence electrons. The molecule has 21 heavy (non-hydrogen) atoms. The van der Waals surface area contributed by atoms with Crippen LogP contribution >= 0.6 is 0 Å². The molecule has 2 aromatic rings. The number of rotatable bonds is 2. The quantitative estimate of drug-likeness (QED) is 0.649. The van der Waals surface area contributed by atoms with Crippen molar-refractivity contribution in [3.8, 4) is 5.75 Å². The van der Waals surface area contributed by atoms with Gasteiger partial charge in [0.15, 0.2) is 5.84 Å². The van der Waals surface area contributed by atoms with Crippen molar-refractivity contribution in [2.24, 2.45) is 9.50 Å². The first-order valence-corrected chi connectivity index (χ1v) is 7.53. The Morgan fingerprint density at radius 3 is 2.57 bits per heavy atom. The molecule has 3 rings (SSSR count). The van der Waals surface area contributed by atoms with Crippen LogP contribution < -0.4 is 5.43 Å². The average molecular weight is 301 g/mol. The number of fused-ring (bicyclic) bond motifs is 1. The Balaban J connectivity index is 1.82. The summed E-state index contributed by atoms with van der Waals surface area (Å²) >= 11 is 0. The van der Waals surface area contributed by atoms with Gasteiger partial charge in [-0.05, 0) is 42.0 Å². The second kappa shape index (κ2) is 5.02. The Morgan fingerprint density at radius 1 is 1.10 bits per heavy atom. The van der Waals surface area contributed by atoms with Crippen LogP contribution in [0.3, 0.4) is 0 Å². The summed E-state index contributed by atoms with van der Waals surface area (Å²) in [6.45, 7) is 0. The molecule has 0 saturated heterocycles. The van der Waals surface area contributed by atoms with Crippen LogP contribution in [0.5, 0.6) is 5.75 Å². The fourth-order valence-corrected chi connectivity index (χ4v) is 3.09. The van der Waals surface area contributed by atoms with Crippen molar-refractivity contribution in [3.63, 3.8) is 0 Å². The topological polar surface area (TPSA) is 91.1 Å². The van der Waals surface area contributed by atoms with Crippen molar-refractivity contribution in [3.05, 3.63) is 59.7 Å². The van der Waals surface area contributed by atoms with E-state index in [2.05, 4.69) is 14.9 Å². The zero-order valence-corrected chi connectivity index (χ0v) is 11.6. The lowest BCUT2D eigenvalue weighted by Gasteiger charge is -2.00. The lowest BCUT2D eigenvalue weighted by atomic mass is 10.2. The highest BCUT2D eigenvalue weighted by atomic mass is 32.2. The molecule has 6 nitrogen and oxygen atoms in total. The number of hydrogen-bond donors (Lipinski definition) is 2. The van der Waals surface area contributed by atoms with Gasteiger partial charge in [-0.15, -0.1) is 4.40 Å². The summed E-state index contributed by atoms with van der Waals surface area (Å²) in [5.41, 5.74) is 3.89. The van der Waals surface area contributed by atoms with Crippen LogP contribution in [-0.2, 0) is 10.0 Å². The zero-order chi connectivity index (χ0) is 14.9. The van der Waals surface area contributed by atoms with Gasteiger partial charge in [0, 0.05) is 5.56 Å². The molecule has 0 radical (unpaired) electrons. The number of aromatic hydroxyl groups is 1. The molecular formula is C14H11N3O3S. The predicted molar refractivity (Wildman–Crippen MR) is 79.0 cm³/mol. The van der Waals surface area contributed by atoms with Gasteiger partial charge in [0.1, 0.15) is 10.6 Å². The number of benzene rings is 2. The maximum atomic E-state index is 11.8. The lowest BCUT2D eigenvalue weighted by Crippen LogP contribution is -2.17. The van der Waals surface area contributed by atoms with Crippen LogP contribution in [0.1, 0.15) is 11.1 Å². The maximum Gasteiger partial charge on any atom is 0.285 e. The number of sulfonamides is 1. The standard InChI is InChI=1S/C14H11N3O3S/c18-11-7-5-10(6-8-11)9-15-16-14-12-3-1-2-4-13(12)21(19,20)17-14/h1-9,18H,(H,16,17). The van der Waals surface area contributed by atoms with Crippen LogP contribution in [0.25, 0.3) is 0 Å². The van der Waals surface area contributed by atoms with Crippen molar-refractivity contribution >= 4 is 22.1 Å². The van der Waals surface area contributed by atoms with Crippen LogP contribution in [0.4, 0.5) is 0 Å². The van der Waals surface area contributed by atoms with Crippen molar-refractivity contribution in [1.29, 1.82) is 0 Å². The minimum absolute atomic E-state index is 0.167. The van der Waals surface area contributed by atoms with Crippen LogP contribution in [-0.4, -0.2) is 25.6 Å². The van der Waals surface area contributed by atoms with Gasteiger partial charge in [-0.1, -0.05) is 12.1 Å². The minimum Gasteiger partial charge on any atom is -0.508 e. The number of nitrogens with zero attached hydrogens (tertiary/aromatic N) is 2. The number of phenolic OH excluding ortho intramolecular Hbond substituents is 1. The van der Waals surface area contributed by atoms with Gasteiger partial charge in [-0.2, -0.15) is 13.5 Å². The second-order valence-electron chi connectivity index (χ2n) is 4.37. The van der Waals surface area contributed by atoms with Crippen molar-refractivity contribution in [1.82, 2.24) is 5.43 Å². The average Bonchev–Trinajstić information content (AvgIpc) is 2.73. The maximum absolute atomic E-state index is 11.8. The summed E-state index contributed by atoms with van der Waals surface area (Å²) in [7, 11) is -3.64. The normalized spacial score (nSPS) is 15.7.